The Balaban J connectivity index is 2.36. The number of aliphatic hydroxyl groups is 1. The van der Waals surface area contributed by atoms with Gasteiger partial charge in [-0.2, -0.15) is 4.31 Å². The predicted molar refractivity (Wildman–Crippen MR) is 83.4 cm³/mol. The van der Waals surface area contributed by atoms with E-state index < -0.39 is 10.0 Å². The molecular weight excluding hydrogens is 288 g/mol. The molecule has 0 aliphatic heterocycles. The number of rotatable bonds is 5. The second kappa shape index (κ2) is 6.77. The Kier molecular flexibility index (Phi) is 5.24. The fraction of sp³-hybridized carbons (Fsp3) is 0.600. The summed E-state index contributed by atoms with van der Waals surface area (Å²) in [6, 6.07) is 4.84. The van der Waals surface area contributed by atoms with Crippen LogP contribution in [-0.4, -0.2) is 37.0 Å². The third-order valence-electron chi connectivity index (χ3n) is 4.09. The molecule has 118 valence electrons. The number of aryl methyl sites for hydroxylation is 1. The highest BCUT2D eigenvalue weighted by atomic mass is 32.2. The van der Waals surface area contributed by atoms with Crippen molar-refractivity contribution in [1.29, 1.82) is 0 Å². The number of nitrogens with zero attached hydrogens (tertiary/aromatic N) is 1. The van der Waals surface area contributed by atoms with Gasteiger partial charge in [0, 0.05) is 18.3 Å². The van der Waals surface area contributed by atoms with Crippen LogP contribution in [0.25, 0.3) is 0 Å². The normalized spacial score (nSPS) is 17.3. The highest BCUT2D eigenvalue weighted by molar-refractivity contribution is 7.89. The van der Waals surface area contributed by atoms with Crippen molar-refractivity contribution in [3.63, 3.8) is 0 Å². The highest BCUT2D eigenvalue weighted by Crippen LogP contribution is 2.29. The van der Waals surface area contributed by atoms with Gasteiger partial charge in [0.15, 0.2) is 0 Å². The first-order valence-corrected chi connectivity index (χ1v) is 8.89. The number of anilines is 1. The van der Waals surface area contributed by atoms with Crippen LogP contribution in [0.4, 0.5) is 5.69 Å². The van der Waals surface area contributed by atoms with E-state index in [2.05, 4.69) is 0 Å². The molecule has 1 aromatic carbocycles. The zero-order valence-electron chi connectivity index (χ0n) is 12.5. The molecule has 0 amide bonds. The van der Waals surface area contributed by atoms with E-state index in [0.717, 1.165) is 32.1 Å². The third-order valence-corrected chi connectivity index (χ3v) is 6.20. The van der Waals surface area contributed by atoms with E-state index in [1.807, 2.05) is 0 Å². The predicted octanol–water partition coefficient (Wildman–Crippen LogP) is 1.89. The minimum atomic E-state index is -3.59. The van der Waals surface area contributed by atoms with Gasteiger partial charge in [0.05, 0.1) is 11.5 Å². The van der Waals surface area contributed by atoms with E-state index in [9.17, 15) is 13.5 Å². The average molecular weight is 312 g/mol. The molecule has 0 heterocycles. The van der Waals surface area contributed by atoms with Crippen molar-refractivity contribution in [3.8, 4) is 0 Å². The average Bonchev–Trinajstić information content (AvgIpc) is 2.45. The maximum Gasteiger partial charge on any atom is 0.243 e. The van der Waals surface area contributed by atoms with Crippen LogP contribution < -0.4 is 5.73 Å². The Morgan fingerprint density at radius 1 is 1.29 bits per heavy atom. The summed E-state index contributed by atoms with van der Waals surface area (Å²) in [6.07, 6.45) is 4.98. The lowest BCUT2D eigenvalue weighted by Gasteiger charge is -2.33. The van der Waals surface area contributed by atoms with Gasteiger partial charge in [-0.25, -0.2) is 8.42 Å². The fourth-order valence-electron chi connectivity index (χ4n) is 3.05. The van der Waals surface area contributed by atoms with Crippen molar-refractivity contribution >= 4 is 15.7 Å². The number of hydrogen-bond acceptors (Lipinski definition) is 4. The summed E-state index contributed by atoms with van der Waals surface area (Å²) in [5.74, 6) is 0. The standard InChI is InChI=1S/C15H24N2O3S/c1-12-11-13(16)7-8-15(12)21(19,20)17(9-10-18)14-5-3-2-4-6-14/h7-8,11,14,18H,2-6,9-10,16H2,1H3. The van der Waals surface area contributed by atoms with Crippen molar-refractivity contribution in [2.45, 2.75) is 50.0 Å². The van der Waals surface area contributed by atoms with Crippen molar-refractivity contribution < 1.29 is 13.5 Å². The van der Waals surface area contributed by atoms with Crippen molar-refractivity contribution in [2.24, 2.45) is 0 Å². The molecule has 21 heavy (non-hydrogen) atoms. The molecule has 5 nitrogen and oxygen atoms in total. The molecular formula is C15H24N2O3S. The van der Waals surface area contributed by atoms with Gasteiger partial charge in [0.1, 0.15) is 0 Å². The van der Waals surface area contributed by atoms with Crippen LogP contribution in [0.2, 0.25) is 0 Å². The van der Waals surface area contributed by atoms with E-state index >= 15 is 0 Å². The summed E-state index contributed by atoms with van der Waals surface area (Å²) in [5, 5.41) is 9.26. The lowest BCUT2D eigenvalue weighted by molar-refractivity contribution is 0.199. The summed E-state index contributed by atoms with van der Waals surface area (Å²) in [5.41, 5.74) is 6.90. The van der Waals surface area contributed by atoms with Crippen LogP contribution in [0, 0.1) is 6.92 Å². The lowest BCUT2D eigenvalue weighted by Crippen LogP contribution is -2.43. The molecule has 1 saturated carbocycles. The van der Waals surface area contributed by atoms with Gasteiger partial charge in [0.25, 0.3) is 0 Å². The van der Waals surface area contributed by atoms with Gasteiger partial charge in [0.2, 0.25) is 10.0 Å². The van der Waals surface area contributed by atoms with Gasteiger partial charge in [-0.15, -0.1) is 0 Å². The SMILES string of the molecule is Cc1cc(N)ccc1S(=O)(=O)N(CCO)C1CCCCC1. The van der Waals surface area contributed by atoms with Crippen LogP contribution in [-0.2, 0) is 10.0 Å². The number of hydrogen-bond donors (Lipinski definition) is 2. The Morgan fingerprint density at radius 2 is 1.95 bits per heavy atom. The summed E-state index contributed by atoms with van der Waals surface area (Å²) in [6.45, 7) is 1.74. The molecule has 3 N–H and O–H groups in total. The number of benzene rings is 1. The van der Waals surface area contributed by atoms with Crippen LogP contribution >= 0.6 is 0 Å². The van der Waals surface area contributed by atoms with Crippen LogP contribution in [0.5, 0.6) is 0 Å². The Labute approximate surface area is 126 Å². The molecule has 0 unspecified atom stereocenters. The van der Waals surface area contributed by atoms with Crippen LogP contribution in [0.15, 0.2) is 23.1 Å². The number of sulfonamides is 1. The molecule has 1 aliphatic rings. The van der Waals surface area contributed by atoms with Gasteiger partial charge in [-0.3, -0.25) is 0 Å². The van der Waals surface area contributed by atoms with Crippen LogP contribution in [0.3, 0.4) is 0 Å². The Morgan fingerprint density at radius 3 is 2.52 bits per heavy atom. The largest absolute Gasteiger partial charge is 0.399 e. The van der Waals surface area contributed by atoms with E-state index in [0.29, 0.717) is 11.3 Å². The molecule has 0 atom stereocenters. The quantitative estimate of drug-likeness (QED) is 0.813. The van der Waals surface area contributed by atoms with E-state index in [1.165, 1.54) is 4.31 Å². The number of aliphatic hydroxyl groups excluding tert-OH is 1. The Hall–Kier alpha value is -1.11. The zero-order valence-corrected chi connectivity index (χ0v) is 13.3. The fourth-order valence-corrected chi connectivity index (χ4v) is 4.94. The smallest absolute Gasteiger partial charge is 0.243 e. The van der Waals surface area contributed by atoms with E-state index in [1.54, 1.807) is 25.1 Å². The maximum absolute atomic E-state index is 12.9. The van der Waals surface area contributed by atoms with Gasteiger partial charge in [-0.05, 0) is 43.5 Å². The molecule has 0 radical (unpaired) electrons. The summed E-state index contributed by atoms with van der Waals surface area (Å²) < 4.78 is 27.3. The summed E-state index contributed by atoms with van der Waals surface area (Å²) in [4.78, 5) is 0.288. The molecule has 6 heteroatoms. The van der Waals surface area contributed by atoms with Gasteiger partial charge < -0.3 is 10.8 Å². The monoisotopic (exact) mass is 312 g/mol. The maximum atomic E-state index is 12.9. The molecule has 0 spiro atoms. The second-order valence-electron chi connectivity index (χ2n) is 5.66. The van der Waals surface area contributed by atoms with Gasteiger partial charge in [-0.1, -0.05) is 19.3 Å². The first-order valence-electron chi connectivity index (χ1n) is 7.45. The van der Waals surface area contributed by atoms with Crippen molar-refractivity contribution in [3.05, 3.63) is 23.8 Å². The highest BCUT2D eigenvalue weighted by Gasteiger charge is 2.32. The molecule has 1 aromatic rings. The van der Waals surface area contributed by atoms with E-state index in [4.69, 9.17) is 5.73 Å². The summed E-state index contributed by atoms with van der Waals surface area (Å²) in [7, 11) is -3.59. The molecule has 0 aromatic heterocycles. The first kappa shape index (κ1) is 16.3. The van der Waals surface area contributed by atoms with Gasteiger partial charge >= 0.3 is 0 Å². The molecule has 2 rings (SSSR count). The third kappa shape index (κ3) is 3.56. The first-order chi connectivity index (χ1) is 9.96. The topological polar surface area (TPSA) is 83.6 Å². The minimum absolute atomic E-state index is 0.00662. The lowest BCUT2D eigenvalue weighted by atomic mass is 9.95. The van der Waals surface area contributed by atoms with Crippen molar-refractivity contribution in [1.82, 2.24) is 4.31 Å². The Bertz CT molecular complexity index is 581. The number of nitrogen functional groups attached to an aromatic ring is 1. The zero-order chi connectivity index (χ0) is 15.5. The number of nitrogens with two attached hydrogens (primary N) is 1. The molecule has 0 bridgehead atoms. The molecule has 0 saturated heterocycles. The van der Waals surface area contributed by atoms with E-state index in [-0.39, 0.29) is 24.1 Å². The second-order valence-corrected chi connectivity index (χ2v) is 7.52. The molecule has 1 fully saturated rings. The molecule has 1 aliphatic carbocycles. The van der Waals surface area contributed by atoms with Crippen molar-refractivity contribution in [2.75, 3.05) is 18.9 Å². The van der Waals surface area contributed by atoms with Crippen LogP contribution in [0.1, 0.15) is 37.7 Å². The minimum Gasteiger partial charge on any atom is -0.399 e. The summed E-state index contributed by atoms with van der Waals surface area (Å²) >= 11 is 0.